The molecule has 2 N–H and O–H groups in total. The Morgan fingerprint density at radius 1 is 1.36 bits per heavy atom. The third-order valence-corrected chi connectivity index (χ3v) is 5.00. The highest BCUT2D eigenvalue weighted by molar-refractivity contribution is 7.88. The van der Waals surface area contributed by atoms with Crippen LogP contribution >= 0.6 is 0 Å². The molecule has 1 aliphatic rings. The molecule has 0 radical (unpaired) electrons. The van der Waals surface area contributed by atoms with Crippen molar-refractivity contribution >= 4 is 27.6 Å². The molecule has 1 aromatic rings. The number of carbonyl (C=O) groups excluding carboxylic acids is 1. The zero-order chi connectivity index (χ0) is 16.5. The Kier molecular flexibility index (Phi) is 4.52. The van der Waals surface area contributed by atoms with Crippen LogP contribution in [0.25, 0.3) is 0 Å². The van der Waals surface area contributed by atoms with Crippen LogP contribution < -0.4 is 5.32 Å². The Hall–Kier alpha value is -1.94. The van der Waals surface area contributed by atoms with Crippen molar-refractivity contribution in [2.24, 2.45) is 13.0 Å². The van der Waals surface area contributed by atoms with Gasteiger partial charge in [0, 0.05) is 26.1 Å². The summed E-state index contributed by atoms with van der Waals surface area (Å²) in [6.07, 6.45) is 3.23. The van der Waals surface area contributed by atoms with Crippen LogP contribution in [0.4, 0.5) is 5.69 Å². The van der Waals surface area contributed by atoms with E-state index in [1.807, 2.05) is 0 Å². The van der Waals surface area contributed by atoms with E-state index in [9.17, 15) is 18.0 Å². The fraction of sp³-hybridized carbons (Fsp3) is 0.583. The highest BCUT2D eigenvalue weighted by Gasteiger charge is 2.30. The van der Waals surface area contributed by atoms with E-state index in [1.165, 1.54) is 22.2 Å². The number of carboxylic acid groups (broad SMARTS) is 1. The number of piperidine rings is 1. The average molecular weight is 330 g/mol. The first kappa shape index (κ1) is 16.4. The number of hydrogen-bond acceptors (Lipinski definition) is 5. The number of anilines is 1. The summed E-state index contributed by atoms with van der Waals surface area (Å²) in [6.45, 7) is 0.575. The van der Waals surface area contributed by atoms with Gasteiger partial charge in [-0.05, 0) is 12.8 Å². The van der Waals surface area contributed by atoms with E-state index in [4.69, 9.17) is 5.11 Å². The van der Waals surface area contributed by atoms with Gasteiger partial charge in [0.2, 0.25) is 15.9 Å². The smallest absolute Gasteiger partial charge is 0.356 e. The van der Waals surface area contributed by atoms with E-state index in [1.54, 1.807) is 0 Å². The number of nitrogens with zero attached hydrogens (tertiary/aromatic N) is 3. The van der Waals surface area contributed by atoms with Crippen molar-refractivity contribution in [2.45, 2.75) is 12.8 Å². The molecule has 1 fully saturated rings. The van der Waals surface area contributed by atoms with Gasteiger partial charge < -0.3 is 10.4 Å². The van der Waals surface area contributed by atoms with Gasteiger partial charge in [0.15, 0.2) is 5.69 Å². The number of carbonyl (C=O) groups is 2. The molecule has 0 aliphatic carbocycles. The standard InChI is InChI=1S/C12H18N4O5S/c1-15-10(12(18)19)9(7-13-15)14-11(17)8-3-5-16(6-4-8)22(2,20)21/h7-8H,3-6H2,1-2H3,(H,14,17)(H,18,19). The highest BCUT2D eigenvalue weighted by Crippen LogP contribution is 2.22. The van der Waals surface area contributed by atoms with Crippen LogP contribution in [-0.4, -0.2) is 58.8 Å². The van der Waals surface area contributed by atoms with E-state index in [0.717, 1.165) is 6.26 Å². The Labute approximate surface area is 128 Å². The molecule has 0 aromatic carbocycles. The Bertz CT molecular complexity index is 688. The van der Waals surface area contributed by atoms with Gasteiger partial charge in [-0.2, -0.15) is 5.10 Å². The number of rotatable bonds is 4. The molecule has 0 saturated carbocycles. The van der Waals surface area contributed by atoms with Crippen molar-refractivity contribution in [3.8, 4) is 0 Å². The maximum atomic E-state index is 12.2. The predicted octanol–water partition coefficient (Wildman–Crippen LogP) is -0.272. The van der Waals surface area contributed by atoms with Crippen LogP contribution in [0, 0.1) is 5.92 Å². The maximum absolute atomic E-state index is 12.2. The summed E-state index contributed by atoms with van der Waals surface area (Å²) in [4.78, 5) is 23.3. The van der Waals surface area contributed by atoms with Crippen molar-refractivity contribution in [3.63, 3.8) is 0 Å². The van der Waals surface area contributed by atoms with Crippen LogP contribution in [0.3, 0.4) is 0 Å². The van der Waals surface area contributed by atoms with Crippen molar-refractivity contribution in [1.29, 1.82) is 0 Å². The van der Waals surface area contributed by atoms with E-state index in [2.05, 4.69) is 10.4 Å². The molecule has 2 rings (SSSR count). The summed E-state index contributed by atoms with van der Waals surface area (Å²) in [5.74, 6) is -1.84. The Morgan fingerprint density at radius 3 is 2.45 bits per heavy atom. The lowest BCUT2D eigenvalue weighted by Crippen LogP contribution is -2.41. The van der Waals surface area contributed by atoms with Crippen LogP contribution in [0.1, 0.15) is 23.3 Å². The fourth-order valence-corrected chi connectivity index (χ4v) is 3.34. The van der Waals surface area contributed by atoms with Crippen LogP contribution in [-0.2, 0) is 21.9 Å². The van der Waals surface area contributed by atoms with E-state index in [-0.39, 0.29) is 36.3 Å². The molecular weight excluding hydrogens is 312 g/mol. The number of nitrogens with one attached hydrogen (secondary N) is 1. The third-order valence-electron chi connectivity index (χ3n) is 3.69. The van der Waals surface area contributed by atoms with Gasteiger partial charge in [-0.1, -0.05) is 0 Å². The average Bonchev–Trinajstić information content (AvgIpc) is 2.79. The summed E-state index contributed by atoms with van der Waals surface area (Å²) in [5.41, 5.74) is 0.0486. The lowest BCUT2D eigenvalue weighted by Gasteiger charge is -2.29. The predicted molar refractivity (Wildman–Crippen MR) is 77.9 cm³/mol. The molecule has 1 saturated heterocycles. The minimum atomic E-state index is -3.24. The molecule has 0 spiro atoms. The zero-order valence-electron chi connectivity index (χ0n) is 12.3. The number of aryl methyl sites for hydroxylation is 1. The van der Waals surface area contributed by atoms with Crippen LogP contribution in [0.2, 0.25) is 0 Å². The minimum Gasteiger partial charge on any atom is -0.476 e. The monoisotopic (exact) mass is 330 g/mol. The number of sulfonamides is 1. The largest absolute Gasteiger partial charge is 0.476 e. The molecule has 0 unspecified atom stereocenters. The summed E-state index contributed by atoms with van der Waals surface area (Å²) in [7, 11) is -1.76. The molecule has 22 heavy (non-hydrogen) atoms. The van der Waals surface area contributed by atoms with Gasteiger partial charge in [0.1, 0.15) is 0 Å². The van der Waals surface area contributed by atoms with Crippen molar-refractivity contribution in [1.82, 2.24) is 14.1 Å². The lowest BCUT2D eigenvalue weighted by molar-refractivity contribution is -0.120. The molecule has 9 nitrogen and oxygen atoms in total. The zero-order valence-corrected chi connectivity index (χ0v) is 13.1. The van der Waals surface area contributed by atoms with Gasteiger partial charge >= 0.3 is 5.97 Å². The van der Waals surface area contributed by atoms with Crippen molar-refractivity contribution < 1.29 is 23.1 Å². The van der Waals surface area contributed by atoms with E-state index in [0.29, 0.717) is 12.8 Å². The topological polar surface area (TPSA) is 122 Å². The fourth-order valence-electron chi connectivity index (χ4n) is 2.47. The molecule has 2 heterocycles. The van der Waals surface area contributed by atoms with Gasteiger partial charge in [-0.15, -0.1) is 0 Å². The highest BCUT2D eigenvalue weighted by atomic mass is 32.2. The molecule has 1 aromatic heterocycles. The first-order chi connectivity index (χ1) is 10.2. The quantitative estimate of drug-likeness (QED) is 0.783. The van der Waals surface area contributed by atoms with Gasteiger partial charge in [0.25, 0.3) is 0 Å². The normalized spacial score (nSPS) is 17.4. The molecule has 122 valence electrons. The first-order valence-corrected chi connectivity index (χ1v) is 8.56. The second kappa shape index (κ2) is 6.05. The van der Waals surface area contributed by atoms with Gasteiger partial charge in [-0.25, -0.2) is 17.5 Å². The summed E-state index contributed by atoms with van der Waals surface area (Å²) in [5, 5.41) is 15.5. The second-order valence-corrected chi connectivity index (χ2v) is 7.24. The number of hydrogen-bond donors (Lipinski definition) is 2. The number of amides is 1. The van der Waals surface area contributed by atoms with Crippen molar-refractivity contribution in [3.05, 3.63) is 11.9 Å². The Balaban J connectivity index is 2.01. The Morgan fingerprint density at radius 2 is 1.95 bits per heavy atom. The number of aromatic nitrogens is 2. The van der Waals surface area contributed by atoms with Crippen molar-refractivity contribution in [2.75, 3.05) is 24.7 Å². The maximum Gasteiger partial charge on any atom is 0.356 e. The molecular formula is C12H18N4O5S. The lowest BCUT2D eigenvalue weighted by atomic mass is 9.97. The van der Waals surface area contributed by atoms with Crippen LogP contribution in [0.5, 0.6) is 0 Å². The number of carboxylic acids is 1. The second-order valence-electron chi connectivity index (χ2n) is 5.26. The molecule has 1 aliphatic heterocycles. The third kappa shape index (κ3) is 3.45. The number of aromatic carboxylic acids is 1. The summed E-state index contributed by atoms with van der Waals surface area (Å²) < 4.78 is 25.4. The van der Waals surface area contributed by atoms with Gasteiger partial charge in [-0.3, -0.25) is 9.48 Å². The van der Waals surface area contributed by atoms with Gasteiger partial charge in [0.05, 0.1) is 18.1 Å². The summed E-state index contributed by atoms with van der Waals surface area (Å²) in [6, 6.07) is 0. The molecule has 10 heteroatoms. The van der Waals surface area contributed by atoms with Crippen LogP contribution in [0.15, 0.2) is 6.20 Å². The first-order valence-electron chi connectivity index (χ1n) is 6.71. The van der Waals surface area contributed by atoms with E-state index < -0.39 is 16.0 Å². The summed E-state index contributed by atoms with van der Waals surface area (Å²) >= 11 is 0. The molecule has 0 atom stereocenters. The molecule has 0 bridgehead atoms. The SMILES string of the molecule is Cn1ncc(NC(=O)C2CCN(S(C)(=O)=O)CC2)c1C(=O)O. The minimum absolute atomic E-state index is 0.0954. The molecule has 1 amide bonds. The van der Waals surface area contributed by atoms with E-state index >= 15 is 0 Å².